The van der Waals surface area contributed by atoms with E-state index >= 15 is 0 Å². The van der Waals surface area contributed by atoms with Gasteiger partial charge in [-0.1, -0.05) is 23.7 Å². The molecule has 1 aliphatic rings. The van der Waals surface area contributed by atoms with E-state index in [2.05, 4.69) is 0 Å². The average molecular weight is 339 g/mol. The summed E-state index contributed by atoms with van der Waals surface area (Å²) in [6, 6.07) is 7.40. The number of piperidine rings is 1. The molecule has 1 fully saturated rings. The van der Waals surface area contributed by atoms with Crippen molar-refractivity contribution in [2.45, 2.75) is 25.8 Å². The van der Waals surface area contributed by atoms with Crippen LogP contribution in [-0.4, -0.2) is 53.5 Å². The van der Waals surface area contributed by atoms with Crippen molar-refractivity contribution in [1.29, 1.82) is 0 Å². The molecule has 0 aromatic heterocycles. The molecule has 6 heteroatoms. The van der Waals surface area contributed by atoms with E-state index < -0.39 is 5.97 Å². The van der Waals surface area contributed by atoms with Gasteiger partial charge in [-0.25, -0.2) is 0 Å². The molecule has 1 aromatic carbocycles. The number of hydrogen-bond acceptors (Lipinski definition) is 3. The van der Waals surface area contributed by atoms with Crippen LogP contribution in [0, 0.1) is 5.92 Å². The first kappa shape index (κ1) is 17.8. The number of carboxylic acid groups (broad SMARTS) is 1. The Bertz CT molecular complexity index is 561. The van der Waals surface area contributed by atoms with Gasteiger partial charge in [0.25, 0.3) is 0 Å². The Balaban J connectivity index is 1.94. The monoisotopic (exact) mass is 338 g/mol. The molecule has 1 amide bonds. The third-order valence-electron chi connectivity index (χ3n) is 4.54. The molecule has 0 saturated carbocycles. The summed E-state index contributed by atoms with van der Waals surface area (Å²) in [6.45, 7) is 3.46. The van der Waals surface area contributed by atoms with Gasteiger partial charge in [0.15, 0.2) is 0 Å². The van der Waals surface area contributed by atoms with Crippen LogP contribution < -0.4 is 0 Å². The van der Waals surface area contributed by atoms with E-state index in [4.69, 9.17) is 16.7 Å². The summed E-state index contributed by atoms with van der Waals surface area (Å²) < 4.78 is 0. The summed E-state index contributed by atoms with van der Waals surface area (Å²) in [6.07, 6.45) is 1.51. The summed E-state index contributed by atoms with van der Waals surface area (Å²) in [7, 11) is 1.78. The van der Waals surface area contributed by atoms with Gasteiger partial charge in [0.2, 0.25) is 5.91 Å². The topological polar surface area (TPSA) is 60.9 Å². The van der Waals surface area contributed by atoms with Crippen molar-refractivity contribution >= 4 is 23.5 Å². The lowest BCUT2D eigenvalue weighted by atomic mass is 9.98. The summed E-state index contributed by atoms with van der Waals surface area (Å²) in [4.78, 5) is 27.2. The molecule has 0 radical (unpaired) electrons. The Labute approximate surface area is 141 Å². The van der Waals surface area contributed by atoms with Gasteiger partial charge in [-0.15, -0.1) is 0 Å². The number of carboxylic acids is 1. The SMILES string of the molecule is CC(c1ccc(Cl)cc1)N(C)C(=O)CN1CCCC(C(=O)O)C1. The maximum absolute atomic E-state index is 12.5. The number of hydrogen-bond donors (Lipinski definition) is 1. The molecule has 1 heterocycles. The molecule has 5 nitrogen and oxygen atoms in total. The molecule has 1 saturated heterocycles. The molecule has 0 spiro atoms. The molecule has 2 rings (SSSR count). The Kier molecular flexibility index (Phi) is 6.02. The maximum atomic E-state index is 12.5. The number of aliphatic carboxylic acids is 1. The zero-order valence-electron chi connectivity index (χ0n) is 13.5. The number of amides is 1. The van der Waals surface area contributed by atoms with Gasteiger partial charge in [-0.3, -0.25) is 14.5 Å². The summed E-state index contributed by atoms with van der Waals surface area (Å²) in [5.41, 5.74) is 1.02. The minimum atomic E-state index is -0.773. The zero-order valence-corrected chi connectivity index (χ0v) is 14.3. The molecule has 2 unspecified atom stereocenters. The van der Waals surface area contributed by atoms with Crippen LogP contribution in [-0.2, 0) is 9.59 Å². The lowest BCUT2D eigenvalue weighted by molar-refractivity contribution is -0.145. The highest BCUT2D eigenvalue weighted by molar-refractivity contribution is 6.30. The van der Waals surface area contributed by atoms with Gasteiger partial charge in [0.1, 0.15) is 0 Å². The first-order chi connectivity index (χ1) is 10.9. The van der Waals surface area contributed by atoms with Crippen molar-refractivity contribution in [1.82, 2.24) is 9.80 Å². The maximum Gasteiger partial charge on any atom is 0.307 e. The highest BCUT2D eigenvalue weighted by Crippen LogP contribution is 2.22. The second kappa shape index (κ2) is 7.79. The largest absolute Gasteiger partial charge is 0.481 e. The fourth-order valence-electron chi connectivity index (χ4n) is 2.88. The Morgan fingerprint density at radius 3 is 2.65 bits per heavy atom. The van der Waals surface area contributed by atoms with Crippen molar-refractivity contribution in [3.8, 4) is 0 Å². The number of likely N-dealkylation sites (tertiary alicyclic amines) is 1. The zero-order chi connectivity index (χ0) is 17.0. The van der Waals surface area contributed by atoms with E-state index in [1.807, 2.05) is 36.1 Å². The summed E-state index contributed by atoms with van der Waals surface area (Å²) in [5, 5.41) is 9.80. The van der Waals surface area contributed by atoms with Gasteiger partial charge >= 0.3 is 5.97 Å². The minimum absolute atomic E-state index is 0.00140. The molecular formula is C17H23ClN2O3. The third kappa shape index (κ3) is 4.69. The Morgan fingerprint density at radius 2 is 2.04 bits per heavy atom. The standard InChI is InChI=1S/C17H23ClN2O3/c1-12(13-5-7-15(18)8-6-13)19(2)16(21)11-20-9-3-4-14(10-20)17(22)23/h5-8,12,14H,3-4,9-11H2,1-2H3,(H,22,23). The lowest BCUT2D eigenvalue weighted by Crippen LogP contribution is -2.45. The van der Waals surface area contributed by atoms with Crippen molar-refractivity contribution in [3.63, 3.8) is 0 Å². The number of nitrogens with zero attached hydrogens (tertiary/aromatic N) is 2. The minimum Gasteiger partial charge on any atom is -0.481 e. The number of carbonyl (C=O) groups excluding carboxylic acids is 1. The van der Waals surface area contributed by atoms with Crippen LogP contribution in [0.15, 0.2) is 24.3 Å². The van der Waals surface area contributed by atoms with Gasteiger partial charge in [-0.05, 0) is 44.0 Å². The van der Waals surface area contributed by atoms with Crippen molar-refractivity contribution < 1.29 is 14.7 Å². The fraction of sp³-hybridized carbons (Fsp3) is 0.529. The van der Waals surface area contributed by atoms with Crippen LogP contribution in [0.5, 0.6) is 0 Å². The highest BCUT2D eigenvalue weighted by Gasteiger charge is 2.27. The van der Waals surface area contributed by atoms with E-state index in [0.717, 1.165) is 18.5 Å². The predicted octanol–water partition coefficient (Wildman–Crippen LogP) is 2.66. The highest BCUT2D eigenvalue weighted by atomic mass is 35.5. The smallest absolute Gasteiger partial charge is 0.307 e. The number of carbonyl (C=O) groups is 2. The van der Waals surface area contributed by atoms with Gasteiger partial charge < -0.3 is 10.0 Å². The fourth-order valence-corrected chi connectivity index (χ4v) is 3.01. The number of benzene rings is 1. The number of likely N-dealkylation sites (N-methyl/N-ethyl adjacent to an activating group) is 1. The van der Waals surface area contributed by atoms with Crippen LogP contribution in [0.1, 0.15) is 31.4 Å². The molecule has 0 aliphatic carbocycles. The molecule has 126 valence electrons. The predicted molar refractivity (Wildman–Crippen MR) is 89.4 cm³/mol. The molecule has 0 bridgehead atoms. The van der Waals surface area contributed by atoms with Crippen LogP contribution in [0.3, 0.4) is 0 Å². The molecule has 1 N–H and O–H groups in total. The number of rotatable bonds is 5. The van der Waals surface area contributed by atoms with E-state index in [1.165, 1.54) is 0 Å². The summed E-state index contributed by atoms with van der Waals surface area (Å²) in [5.74, 6) is -1.14. The average Bonchev–Trinajstić information content (AvgIpc) is 2.54. The van der Waals surface area contributed by atoms with Gasteiger partial charge in [0, 0.05) is 18.6 Å². The normalized spacial score (nSPS) is 20.0. The Hall–Kier alpha value is -1.59. The quantitative estimate of drug-likeness (QED) is 0.896. The van der Waals surface area contributed by atoms with Crippen molar-refractivity contribution in [2.75, 3.05) is 26.7 Å². The van der Waals surface area contributed by atoms with Crippen molar-refractivity contribution in [3.05, 3.63) is 34.9 Å². The van der Waals surface area contributed by atoms with Crippen LogP contribution in [0.2, 0.25) is 5.02 Å². The van der Waals surface area contributed by atoms with Crippen LogP contribution in [0.4, 0.5) is 0 Å². The summed E-state index contributed by atoms with van der Waals surface area (Å²) >= 11 is 5.89. The van der Waals surface area contributed by atoms with E-state index in [9.17, 15) is 9.59 Å². The molecule has 1 aromatic rings. The lowest BCUT2D eigenvalue weighted by Gasteiger charge is -2.33. The van der Waals surface area contributed by atoms with Crippen molar-refractivity contribution in [2.24, 2.45) is 5.92 Å². The van der Waals surface area contributed by atoms with Crippen LogP contribution in [0.25, 0.3) is 0 Å². The van der Waals surface area contributed by atoms with Crippen LogP contribution >= 0.6 is 11.6 Å². The molecule has 1 aliphatic heterocycles. The first-order valence-corrected chi connectivity index (χ1v) is 8.22. The van der Waals surface area contributed by atoms with E-state index in [-0.39, 0.29) is 24.4 Å². The van der Waals surface area contributed by atoms with Gasteiger partial charge in [0.05, 0.1) is 18.5 Å². The molecule has 23 heavy (non-hydrogen) atoms. The van der Waals surface area contributed by atoms with E-state index in [0.29, 0.717) is 18.0 Å². The molecular weight excluding hydrogens is 316 g/mol. The Morgan fingerprint density at radius 1 is 1.39 bits per heavy atom. The third-order valence-corrected chi connectivity index (χ3v) is 4.79. The van der Waals surface area contributed by atoms with Gasteiger partial charge in [-0.2, -0.15) is 0 Å². The first-order valence-electron chi connectivity index (χ1n) is 7.84. The second-order valence-electron chi connectivity index (χ2n) is 6.14. The molecule has 2 atom stereocenters. The van der Waals surface area contributed by atoms with E-state index in [1.54, 1.807) is 11.9 Å². The second-order valence-corrected chi connectivity index (χ2v) is 6.58. The number of halogens is 1.